The van der Waals surface area contributed by atoms with Gasteiger partial charge in [0.25, 0.3) is 0 Å². The van der Waals surface area contributed by atoms with Crippen LogP contribution in [0.4, 0.5) is 0 Å². The normalized spacial score (nSPS) is 21.2. The molecule has 174 valence electrons. The Balaban J connectivity index is 1.62. The molecule has 3 unspecified atom stereocenters. The van der Waals surface area contributed by atoms with Gasteiger partial charge in [-0.05, 0) is 55.0 Å². The van der Waals surface area contributed by atoms with Crippen LogP contribution in [0.15, 0.2) is 59.5 Å². The average Bonchev–Trinajstić information content (AvgIpc) is 3.32. The van der Waals surface area contributed by atoms with Gasteiger partial charge < -0.3 is 14.8 Å². The van der Waals surface area contributed by atoms with Gasteiger partial charge in [0.15, 0.2) is 5.78 Å². The fraction of sp³-hybridized carbons (Fsp3) is 0.385. The van der Waals surface area contributed by atoms with Gasteiger partial charge in [-0.3, -0.25) is 4.79 Å². The molecule has 0 saturated carbocycles. The fourth-order valence-electron chi connectivity index (χ4n) is 4.49. The minimum atomic E-state index is -0.257. The first-order chi connectivity index (χ1) is 16.0. The van der Waals surface area contributed by atoms with Gasteiger partial charge in [-0.15, -0.1) is 0 Å². The SMILES string of the molecule is C/C=C(/C(=O)C1COc2ccc(Cl)cc2C1)C1=CNC(c2cn[nH]c2OC)C=C1C(C)CC. The number of halogens is 1. The number of allylic oxidation sites excluding steroid dienone is 4. The minimum absolute atomic E-state index is 0.0877. The van der Waals surface area contributed by atoms with Crippen molar-refractivity contribution in [2.75, 3.05) is 13.7 Å². The monoisotopic (exact) mass is 467 g/mol. The summed E-state index contributed by atoms with van der Waals surface area (Å²) in [6.45, 7) is 6.63. The number of aromatic amines is 1. The van der Waals surface area contributed by atoms with E-state index in [4.69, 9.17) is 21.1 Å². The van der Waals surface area contributed by atoms with Crippen molar-refractivity contribution in [2.24, 2.45) is 11.8 Å². The molecule has 0 radical (unpaired) electrons. The summed E-state index contributed by atoms with van der Waals surface area (Å²) in [6.07, 6.45) is 9.40. The molecule has 3 atom stereocenters. The van der Waals surface area contributed by atoms with Gasteiger partial charge in [0.2, 0.25) is 5.88 Å². The highest BCUT2D eigenvalue weighted by Crippen LogP contribution is 2.38. The van der Waals surface area contributed by atoms with Crippen molar-refractivity contribution in [3.05, 3.63) is 75.6 Å². The van der Waals surface area contributed by atoms with Gasteiger partial charge in [-0.1, -0.05) is 37.6 Å². The van der Waals surface area contributed by atoms with E-state index >= 15 is 0 Å². The van der Waals surface area contributed by atoms with Gasteiger partial charge in [0, 0.05) is 22.4 Å². The molecule has 2 aliphatic rings. The van der Waals surface area contributed by atoms with Crippen LogP contribution in [0.1, 0.15) is 44.4 Å². The van der Waals surface area contributed by atoms with Crippen LogP contribution in [0, 0.1) is 11.8 Å². The topological polar surface area (TPSA) is 76.2 Å². The third kappa shape index (κ3) is 4.58. The van der Waals surface area contributed by atoms with E-state index in [1.165, 1.54) is 0 Å². The molecule has 0 bridgehead atoms. The lowest BCUT2D eigenvalue weighted by Gasteiger charge is -2.30. The molecule has 6 nitrogen and oxygen atoms in total. The van der Waals surface area contributed by atoms with Crippen molar-refractivity contribution in [3.8, 4) is 11.6 Å². The molecular formula is C26H30ClN3O3. The second-order valence-corrected chi connectivity index (χ2v) is 8.96. The third-order valence-electron chi connectivity index (χ3n) is 6.52. The molecule has 0 aliphatic carbocycles. The van der Waals surface area contributed by atoms with Crippen molar-refractivity contribution in [1.82, 2.24) is 15.5 Å². The predicted molar refractivity (Wildman–Crippen MR) is 130 cm³/mol. The first kappa shape index (κ1) is 23.2. The number of Topliss-reactive ketones (excluding diaryl/α,β-unsaturated/α-hetero) is 1. The second kappa shape index (κ2) is 9.87. The lowest BCUT2D eigenvalue weighted by molar-refractivity contribution is -0.120. The molecule has 7 heteroatoms. The summed E-state index contributed by atoms with van der Waals surface area (Å²) in [6, 6.07) is 5.48. The molecule has 4 rings (SSSR count). The van der Waals surface area contributed by atoms with Gasteiger partial charge in [-0.25, -0.2) is 5.10 Å². The molecule has 3 heterocycles. The molecule has 1 aromatic heterocycles. The number of ether oxygens (including phenoxy) is 2. The zero-order chi connectivity index (χ0) is 23.5. The van der Waals surface area contributed by atoms with E-state index in [0.717, 1.165) is 34.4 Å². The summed E-state index contributed by atoms with van der Waals surface area (Å²) in [5, 5.41) is 11.1. The van der Waals surface area contributed by atoms with Crippen LogP contribution in [0.25, 0.3) is 0 Å². The Hall–Kier alpha value is -2.99. The van der Waals surface area contributed by atoms with E-state index in [1.54, 1.807) is 13.3 Å². The van der Waals surface area contributed by atoms with Gasteiger partial charge in [0.1, 0.15) is 5.75 Å². The van der Waals surface area contributed by atoms with Gasteiger partial charge in [0.05, 0.1) is 37.4 Å². The number of ketones is 1. The number of dihydropyridines is 1. The molecule has 2 aliphatic heterocycles. The molecule has 2 N–H and O–H groups in total. The molecule has 0 amide bonds. The Kier molecular flexibility index (Phi) is 6.94. The number of benzene rings is 1. The molecule has 2 aromatic rings. The van der Waals surface area contributed by atoms with Crippen molar-refractivity contribution in [3.63, 3.8) is 0 Å². The van der Waals surface area contributed by atoms with E-state index in [0.29, 0.717) is 29.5 Å². The largest absolute Gasteiger partial charge is 0.493 e. The van der Waals surface area contributed by atoms with Crippen LogP contribution in [0.5, 0.6) is 11.6 Å². The summed E-state index contributed by atoms with van der Waals surface area (Å²) in [7, 11) is 1.62. The van der Waals surface area contributed by atoms with E-state index in [9.17, 15) is 4.79 Å². The Bertz CT molecular complexity index is 1130. The maximum Gasteiger partial charge on any atom is 0.214 e. The summed E-state index contributed by atoms with van der Waals surface area (Å²) >= 11 is 6.17. The molecule has 0 saturated heterocycles. The maximum atomic E-state index is 13.7. The lowest BCUT2D eigenvalue weighted by atomic mass is 9.80. The van der Waals surface area contributed by atoms with Gasteiger partial charge in [-0.2, -0.15) is 5.10 Å². The van der Waals surface area contributed by atoms with Crippen molar-refractivity contribution in [1.29, 1.82) is 0 Å². The Morgan fingerprint density at radius 2 is 2.24 bits per heavy atom. The Morgan fingerprint density at radius 3 is 2.97 bits per heavy atom. The number of nitrogens with one attached hydrogen (secondary N) is 2. The van der Waals surface area contributed by atoms with E-state index in [-0.39, 0.29) is 23.7 Å². The van der Waals surface area contributed by atoms with E-state index in [1.807, 2.05) is 37.4 Å². The molecule has 0 spiro atoms. The number of aromatic nitrogens is 2. The van der Waals surface area contributed by atoms with Crippen LogP contribution < -0.4 is 14.8 Å². The summed E-state index contributed by atoms with van der Waals surface area (Å²) < 4.78 is 11.3. The molecule has 1 aromatic carbocycles. The predicted octanol–water partition coefficient (Wildman–Crippen LogP) is 5.34. The number of fused-ring (bicyclic) bond motifs is 1. The van der Waals surface area contributed by atoms with Crippen molar-refractivity contribution in [2.45, 2.75) is 39.7 Å². The number of nitrogens with zero attached hydrogens (tertiary/aromatic N) is 1. The van der Waals surface area contributed by atoms with Crippen LogP contribution in [-0.4, -0.2) is 29.7 Å². The van der Waals surface area contributed by atoms with E-state index in [2.05, 4.69) is 35.4 Å². The number of H-pyrrole nitrogens is 1. The number of carbonyl (C=O) groups excluding carboxylic acids is 1. The highest BCUT2D eigenvalue weighted by molar-refractivity contribution is 6.30. The van der Waals surface area contributed by atoms with Crippen LogP contribution in [-0.2, 0) is 11.2 Å². The lowest BCUT2D eigenvalue weighted by Crippen LogP contribution is -2.31. The third-order valence-corrected chi connectivity index (χ3v) is 6.76. The van der Waals surface area contributed by atoms with Crippen molar-refractivity contribution >= 4 is 17.4 Å². The highest BCUT2D eigenvalue weighted by Gasteiger charge is 2.32. The average molecular weight is 468 g/mol. The first-order valence-corrected chi connectivity index (χ1v) is 11.7. The highest BCUT2D eigenvalue weighted by atomic mass is 35.5. The molecule has 0 fully saturated rings. The molecule has 33 heavy (non-hydrogen) atoms. The second-order valence-electron chi connectivity index (χ2n) is 8.52. The van der Waals surface area contributed by atoms with Crippen LogP contribution in [0.3, 0.4) is 0 Å². The number of hydrogen-bond donors (Lipinski definition) is 2. The quantitative estimate of drug-likeness (QED) is 0.537. The van der Waals surface area contributed by atoms with Crippen molar-refractivity contribution < 1.29 is 14.3 Å². The fourth-order valence-corrected chi connectivity index (χ4v) is 4.68. The van der Waals surface area contributed by atoms with Crippen LogP contribution >= 0.6 is 11.6 Å². The minimum Gasteiger partial charge on any atom is -0.493 e. The zero-order valence-corrected chi connectivity index (χ0v) is 20.2. The Morgan fingerprint density at radius 1 is 1.42 bits per heavy atom. The van der Waals surface area contributed by atoms with E-state index < -0.39 is 0 Å². The van der Waals surface area contributed by atoms with Gasteiger partial charge >= 0.3 is 0 Å². The zero-order valence-electron chi connectivity index (χ0n) is 19.4. The standard InChI is InChI=1S/C26H30ClN3O3/c1-5-15(3)20-11-23(22-13-29-30-26(22)32-4)28-12-21(20)19(6-2)25(31)17-9-16-10-18(27)7-8-24(16)33-14-17/h6-8,10-13,15,17,23,28H,5,9,14H2,1-4H3,(H,29,30)/b19-6+. The smallest absolute Gasteiger partial charge is 0.214 e. The Labute approximate surface area is 199 Å². The summed E-state index contributed by atoms with van der Waals surface area (Å²) in [5.74, 6) is 1.55. The maximum absolute atomic E-state index is 13.7. The van der Waals surface area contributed by atoms with Crippen LogP contribution in [0.2, 0.25) is 5.02 Å². The molecular weight excluding hydrogens is 438 g/mol. The number of rotatable bonds is 7. The number of methoxy groups -OCH3 is 1. The summed E-state index contributed by atoms with van der Waals surface area (Å²) in [5.41, 5.74) is 4.70. The first-order valence-electron chi connectivity index (χ1n) is 11.3. The number of carbonyl (C=O) groups is 1. The number of hydrogen-bond acceptors (Lipinski definition) is 5. The summed E-state index contributed by atoms with van der Waals surface area (Å²) in [4.78, 5) is 13.7.